The Bertz CT molecular complexity index is 655. The Morgan fingerprint density at radius 3 is 1.23 bits per heavy atom. The van der Waals surface area contributed by atoms with Crippen molar-refractivity contribution in [2.45, 2.75) is 244 Å². The summed E-state index contributed by atoms with van der Waals surface area (Å²) in [7, 11) is 0. The summed E-state index contributed by atoms with van der Waals surface area (Å²) in [4.78, 5) is 12.4. The molecule has 0 aliphatic heterocycles. The van der Waals surface area contributed by atoms with Gasteiger partial charge in [0, 0.05) is 6.42 Å². The molecule has 47 heavy (non-hydrogen) atoms. The normalized spacial score (nSPS) is 13.7. The molecule has 0 aromatic carbocycles. The van der Waals surface area contributed by atoms with Crippen LogP contribution in [-0.4, -0.2) is 46.1 Å². The number of carbonyl (C=O) groups excluding carboxylic acids is 1. The number of nitrogens with one attached hydrogen (secondary N) is 1. The van der Waals surface area contributed by atoms with E-state index in [-0.39, 0.29) is 12.5 Å². The highest BCUT2D eigenvalue weighted by Gasteiger charge is 2.26. The maximum Gasteiger partial charge on any atom is 0.220 e. The van der Waals surface area contributed by atoms with Gasteiger partial charge in [-0.1, -0.05) is 193 Å². The largest absolute Gasteiger partial charge is 0.394 e. The maximum absolute atomic E-state index is 12.4. The molecule has 3 unspecified atom stereocenters. The fraction of sp³-hybridized carbons (Fsp3) is 0.929. The Labute approximate surface area is 293 Å². The van der Waals surface area contributed by atoms with Crippen LogP contribution in [0.2, 0.25) is 0 Å². The van der Waals surface area contributed by atoms with Crippen molar-refractivity contribution in [3.8, 4) is 0 Å². The summed E-state index contributed by atoms with van der Waals surface area (Å²) < 4.78 is 0. The van der Waals surface area contributed by atoms with E-state index in [9.17, 15) is 20.1 Å². The van der Waals surface area contributed by atoms with Crippen LogP contribution in [0.25, 0.3) is 0 Å². The Balaban J connectivity index is 3.62. The molecule has 280 valence electrons. The summed E-state index contributed by atoms with van der Waals surface area (Å²) in [5.74, 6) is -0.151. The third kappa shape index (κ3) is 33.4. The predicted octanol–water partition coefficient (Wildman–Crippen LogP) is 11.7. The SMILES string of the molecule is CCCCCCCCCC/C=C/CCCC(O)C(O)C(CO)NC(=O)CCCCCCCCCCCCCCCCCCCCCC. The van der Waals surface area contributed by atoms with Crippen LogP contribution < -0.4 is 5.32 Å². The number of carbonyl (C=O) groups is 1. The van der Waals surface area contributed by atoms with Crippen molar-refractivity contribution in [3.63, 3.8) is 0 Å². The molecule has 0 radical (unpaired) electrons. The van der Waals surface area contributed by atoms with Crippen molar-refractivity contribution in [3.05, 3.63) is 12.2 Å². The van der Waals surface area contributed by atoms with E-state index in [1.54, 1.807) is 0 Å². The van der Waals surface area contributed by atoms with Crippen molar-refractivity contribution in [2.75, 3.05) is 6.61 Å². The lowest BCUT2D eigenvalue weighted by Crippen LogP contribution is -2.50. The number of allylic oxidation sites excluding steroid dienone is 2. The summed E-state index contributed by atoms with van der Waals surface area (Å²) in [5.41, 5.74) is 0. The zero-order chi connectivity index (χ0) is 34.5. The van der Waals surface area contributed by atoms with Crippen molar-refractivity contribution < 1.29 is 20.1 Å². The van der Waals surface area contributed by atoms with E-state index >= 15 is 0 Å². The minimum Gasteiger partial charge on any atom is -0.394 e. The number of aliphatic hydroxyl groups excluding tert-OH is 3. The van der Waals surface area contributed by atoms with E-state index in [1.165, 1.54) is 161 Å². The summed E-state index contributed by atoms with van der Waals surface area (Å²) in [6.07, 6.45) is 43.2. The molecule has 0 aliphatic rings. The third-order valence-corrected chi connectivity index (χ3v) is 9.87. The topological polar surface area (TPSA) is 89.8 Å². The lowest BCUT2D eigenvalue weighted by atomic mass is 10.0. The van der Waals surface area contributed by atoms with Gasteiger partial charge in [-0.3, -0.25) is 4.79 Å². The minimum absolute atomic E-state index is 0.151. The first-order chi connectivity index (χ1) is 23.1. The molecule has 0 bridgehead atoms. The van der Waals surface area contributed by atoms with Gasteiger partial charge in [-0.2, -0.15) is 0 Å². The van der Waals surface area contributed by atoms with Gasteiger partial charge in [0.1, 0.15) is 6.10 Å². The summed E-state index contributed by atoms with van der Waals surface area (Å²) in [6.45, 7) is 4.17. The minimum atomic E-state index is -1.15. The smallest absolute Gasteiger partial charge is 0.220 e. The van der Waals surface area contributed by atoms with Crippen molar-refractivity contribution in [1.82, 2.24) is 5.32 Å². The van der Waals surface area contributed by atoms with Gasteiger partial charge in [-0.05, 0) is 38.5 Å². The van der Waals surface area contributed by atoms with Gasteiger partial charge >= 0.3 is 0 Å². The zero-order valence-corrected chi connectivity index (χ0v) is 31.7. The van der Waals surface area contributed by atoms with E-state index in [4.69, 9.17) is 0 Å². The fourth-order valence-electron chi connectivity index (χ4n) is 6.57. The van der Waals surface area contributed by atoms with Gasteiger partial charge in [0.2, 0.25) is 5.91 Å². The first kappa shape index (κ1) is 46.1. The number of hydrogen-bond acceptors (Lipinski definition) is 4. The molecule has 0 fully saturated rings. The van der Waals surface area contributed by atoms with Crippen LogP contribution in [0.4, 0.5) is 0 Å². The summed E-state index contributed by atoms with van der Waals surface area (Å²) >= 11 is 0. The molecule has 0 rings (SSSR count). The number of amides is 1. The maximum atomic E-state index is 12.4. The van der Waals surface area contributed by atoms with E-state index in [2.05, 4.69) is 31.3 Å². The average Bonchev–Trinajstić information content (AvgIpc) is 3.07. The van der Waals surface area contributed by atoms with Crippen LogP contribution in [0.15, 0.2) is 12.2 Å². The van der Waals surface area contributed by atoms with Gasteiger partial charge < -0.3 is 20.6 Å². The molecule has 0 aromatic rings. The standard InChI is InChI=1S/C42H83NO4/c1-3-5-7-9-11-13-15-17-18-19-20-21-22-23-25-27-29-31-33-35-37-41(46)43-39(38-44)42(47)40(45)36-34-32-30-28-26-24-16-14-12-10-8-6-4-2/h28,30,39-40,42,44-45,47H,3-27,29,31-38H2,1-2H3,(H,43,46)/b30-28+. The number of aliphatic hydroxyl groups is 3. The van der Waals surface area contributed by atoms with Crippen LogP contribution >= 0.6 is 0 Å². The molecular weight excluding hydrogens is 582 g/mol. The first-order valence-electron chi connectivity index (χ1n) is 21.0. The first-order valence-corrected chi connectivity index (χ1v) is 21.0. The molecule has 4 N–H and O–H groups in total. The Kier molecular flexibility index (Phi) is 37.2. The number of hydrogen-bond donors (Lipinski definition) is 4. The molecule has 1 amide bonds. The molecule has 3 atom stereocenters. The second-order valence-electron chi connectivity index (χ2n) is 14.5. The second kappa shape index (κ2) is 37.9. The molecule has 5 heteroatoms. The lowest BCUT2D eigenvalue weighted by Gasteiger charge is -2.26. The molecule has 0 aliphatic carbocycles. The fourth-order valence-corrected chi connectivity index (χ4v) is 6.57. The highest BCUT2D eigenvalue weighted by atomic mass is 16.3. The average molecular weight is 666 g/mol. The Morgan fingerprint density at radius 2 is 0.851 bits per heavy atom. The van der Waals surface area contributed by atoms with E-state index in [0.29, 0.717) is 12.8 Å². The second-order valence-corrected chi connectivity index (χ2v) is 14.5. The highest BCUT2D eigenvalue weighted by molar-refractivity contribution is 5.76. The lowest BCUT2D eigenvalue weighted by molar-refractivity contribution is -0.124. The van der Waals surface area contributed by atoms with E-state index in [1.807, 2.05) is 0 Å². The van der Waals surface area contributed by atoms with Crippen LogP contribution in [-0.2, 0) is 4.79 Å². The third-order valence-electron chi connectivity index (χ3n) is 9.87. The highest BCUT2D eigenvalue weighted by Crippen LogP contribution is 2.16. The Morgan fingerprint density at radius 1 is 0.511 bits per heavy atom. The predicted molar refractivity (Wildman–Crippen MR) is 204 cm³/mol. The van der Waals surface area contributed by atoms with Crippen LogP contribution in [0.1, 0.15) is 226 Å². The number of unbranched alkanes of at least 4 members (excludes halogenated alkanes) is 28. The molecular formula is C42H83NO4. The van der Waals surface area contributed by atoms with Crippen molar-refractivity contribution >= 4 is 5.91 Å². The number of rotatable bonds is 38. The summed E-state index contributed by atoms with van der Waals surface area (Å²) in [5, 5.41) is 33.4. The van der Waals surface area contributed by atoms with Crippen molar-refractivity contribution in [1.29, 1.82) is 0 Å². The zero-order valence-electron chi connectivity index (χ0n) is 31.7. The quantitative estimate of drug-likeness (QED) is 0.0390. The molecule has 5 nitrogen and oxygen atoms in total. The van der Waals surface area contributed by atoms with Crippen LogP contribution in [0.5, 0.6) is 0 Å². The van der Waals surface area contributed by atoms with E-state index < -0.39 is 18.2 Å². The molecule has 0 saturated heterocycles. The molecule has 0 aromatic heterocycles. The van der Waals surface area contributed by atoms with Crippen LogP contribution in [0, 0.1) is 0 Å². The van der Waals surface area contributed by atoms with Gasteiger partial charge in [-0.15, -0.1) is 0 Å². The van der Waals surface area contributed by atoms with Gasteiger partial charge in [0.15, 0.2) is 0 Å². The summed E-state index contributed by atoms with van der Waals surface area (Å²) in [6, 6.07) is -0.819. The van der Waals surface area contributed by atoms with Gasteiger partial charge in [0.05, 0.1) is 18.8 Å². The van der Waals surface area contributed by atoms with Gasteiger partial charge in [0.25, 0.3) is 0 Å². The van der Waals surface area contributed by atoms with Crippen molar-refractivity contribution in [2.24, 2.45) is 0 Å². The Hall–Kier alpha value is -0.910. The van der Waals surface area contributed by atoms with Gasteiger partial charge in [-0.25, -0.2) is 0 Å². The van der Waals surface area contributed by atoms with Crippen LogP contribution in [0.3, 0.4) is 0 Å². The monoisotopic (exact) mass is 666 g/mol. The molecule has 0 heterocycles. The van der Waals surface area contributed by atoms with E-state index in [0.717, 1.165) is 38.5 Å². The molecule has 0 saturated carbocycles. The molecule has 0 spiro atoms.